The van der Waals surface area contributed by atoms with Crippen LogP contribution in [0.4, 0.5) is 0 Å². The topological polar surface area (TPSA) is 51.5 Å². The van der Waals surface area contributed by atoms with E-state index in [1.807, 2.05) is 39.0 Å². The lowest BCUT2D eigenvalue weighted by Gasteiger charge is -2.18. The van der Waals surface area contributed by atoms with Gasteiger partial charge in [-0.3, -0.25) is 9.78 Å². The molecule has 0 spiro atoms. The van der Waals surface area contributed by atoms with Crippen LogP contribution in [-0.2, 0) is 4.74 Å². The Morgan fingerprint density at radius 3 is 2.02 bits per heavy atom. The van der Waals surface area contributed by atoms with Crippen LogP contribution in [0.15, 0.2) is 59.9 Å². The fraction of sp³-hybridized carbons (Fsp3) is 0.486. The second-order valence-electron chi connectivity index (χ2n) is 10.3. The molecule has 0 saturated carbocycles. The normalized spacial score (nSPS) is 11.5. The van der Waals surface area contributed by atoms with Gasteiger partial charge in [-0.1, -0.05) is 95.9 Å². The van der Waals surface area contributed by atoms with E-state index < -0.39 is 0 Å². The van der Waals surface area contributed by atoms with Crippen LogP contribution >= 0.6 is 0 Å². The van der Waals surface area contributed by atoms with Crippen molar-refractivity contribution >= 4 is 17.6 Å². The number of aryl methyl sites for hydroxylation is 3. The number of rotatable bonds is 12. The van der Waals surface area contributed by atoms with Gasteiger partial charge in [-0.2, -0.15) is 0 Å². The highest BCUT2D eigenvalue weighted by Gasteiger charge is 2.14. The van der Waals surface area contributed by atoms with Crippen molar-refractivity contribution in [1.29, 1.82) is 0 Å². The van der Waals surface area contributed by atoms with E-state index in [1.165, 1.54) is 49.7 Å². The van der Waals surface area contributed by atoms with Crippen LogP contribution in [0.1, 0.15) is 137 Å². The highest BCUT2D eigenvalue weighted by Crippen LogP contribution is 2.29. The fourth-order valence-corrected chi connectivity index (χ4v) is 4.59. The summed E-state index contributed by atoms with van der Waals surface area (Å²) < 4.78 is 5.15. The molecule has 1 aromatic heterocycles. The molecule has 0 unspecified atom stereocenters. The molecule has 0 atom stereocenters. The predicted molar refractivity (Wildman–Crippen MR) is 180 cm³/mol. The van der Waals surface area contributed by atoms with Crippen molar-refractivity contribution in [3.8, 4) is 0 Å². The lowest BCUT2D eigenvalue weighted by Crippen LogP contribution is -2.09. The maximum atomic E-state index is 11.8. The first-order chi connectivity index (χ1) is 19.6. The van der Waals surface area contributed by atoms with Crippen LogP contribution in [-0.4, -0.2) is 23.6 Å². The van der Waals surface area contributed by atoms with Crippen molar-refractivity contribution in [3.05, 3.63) is 94.2 Å². The van der Waals surface area contributed by atoms with Crippen molar-refractivity contribution in [2.24, 2.45) is 4.99 Å². The Morgan fingerprint density at radius 1 is 1.00 bits per heavy atom. The molecule has 2 aromatic rings. The summed E-state index contributed by atoms with van der Waals surface area (Å²) in [6, 6.07) is 8.74. The highest BCUT2D eigenvalue weighted by atomic mass is 16.5. The third-order valence-corrected chi connectivity index (χ3v) is 6.71. The Bertz CT molecular complexity index is 1160. The van der Waals surface area contributed by atoms with Gasteiger partial charge in [0.05, 0.1) is 18.5 Å². The number of carbonyl (C=O) groups excluding carboxylic acids is 1. The molecule has 0 bridgehead atoms. The van der Waals surface area contributed by atoms with E-state index in [0.29, 0.717) is 28.5 Å². The number of carbonyl (C=O) groups is 1. The summed E-state index contributed by atoms with van der Waals surface area (Å²) in [5.74, 6) is 1.26. The number of aromatic nitrogens is 1. The first-order valence-corrected chi connectivity index (χ1v) is 15.2. The number of hydrogen-bond acceptors (Lipinski definition) is 4. The van der Waals surface area contributed by atoms with E-state index in [-0.39, 0.29) is 5.78 Å². The van der Waals surface area contributed by atoms with E-state index in [9.17, 15) is 4.79 Å². The Morgan fingerprint density at radius 2 is 1.61 bits per heavy atom. The Hall–Kier alpha value is -3.27. The largest absolute Gasteiger partial charge is 0.481 e. The monoisotopic (exact) mass is 560 g/mol. The minimum Gasteiger partial charge on any atom is -0.481 e. The number of benzene rings is 1. The molecule has 41 heavy (non-hydrogen) atoms. The maximum Gasteiger partial charge on any atom is 0.209 e. The molecule has 0 radical (unpaired) electrons. The average molecular weight is 561 g/mol. The van der Waals surface area contributed by atoms with Crippen molar-refractivity contribution in [1.82, 2.24) is 4.98 Å². The van der Waals surface area contributed by atoms with E-state index in [2.05, 4.69) is 76.3 Å². The van der Waals surface area contributed by atoms with Crippen LogP contribution in [0.3, 0.4) is 0 Å². The lowest BCUT2D eigenvalue weighted by molar-refractivity contribution is 0.101. The second kappa shape index (κ2) is 21.5. The minimum absolute atomic E-state index is 0.00669. The predicted octanol–water partition coefficient (Wildman–Crippen LogP) is 10.9. The van der Waals surface area contributed by atoms with Crippen LogP contribution in [0.5, 0.6) is 0 Å². The minimum atomic E-state index is -0.00669. The quantitative estimate of drug-likeness (QED) is 0.147. The van der Waals surface area contributed by atoms with Gasteiger partial charge in [-0.15, -0.1) is 0 Å². The van der Waals surface area contributed by atoms with Gasteiger partial charge in [-0.05, 0) is 95.2 Å². The fourth-order valence-electron chi connectivity index (χ4n) is 4.59. The smallest absolute Gasteiger partial charge is 0.209 e. The molecular weight excluding hydrogens is 504 g/mol. The van der Waals surface area contributed by atoms with Crippen LogP contribution in [0.25, 0.3) is 6.08 Å². The molecule has 1 aromatic carbocycles. The highest BCUT2D eigenvalue weighted by molar-refractivity contribution is 6.08. The van der Waals surface area contributed by atoms with E-state index in [0.717, 1.165) is 11.5 Å². The maximum absolute atomic E-state index is 11.8. The summed E-state index contributed by atoms with van der Waals surface area (Å²) in [7, 11) is 1.56. The number of ketones is 1. The average Bonchev–Trinajstić information content (AvgIpc) is 2.94. The zero-order chi connectivity index (χ0) is 31.4. The van der Waals surface area contributed by atoms with Crippen molar-refractivity contribution in [3.63, 3.8) is 0 Å². The molecule has 4 nitrogen and oxygen atoms in total. The number of aliphatic imine (C=N–C) groups is 1. The van der Waals surface area contributed by atoms with Gasteiger partial charge in [0.1, 0.15) is 0 Å². The molecular formula is C37H56N2O2. The molecule has 0 N–H and O–H groups in total. The number of nitrogens with zero attached hydrogens (tertiary/aromatic N) is 2. The van der Waals surface area contributed by atoms with Gasteiger partial charge >= 0.3 is 0 Å². The zero-order valence-electron chi connectivity index (χ0n) is 27.9. The second-order valence-corrected chi connectivity index (χ2v) is 10.3. The van der Waals surface area contributed by atoms with Crippen molar-refractivity contribution in [2.45, 2.75) is 114 Å². The third kappa shape index (κ3) is 13.3. The van der Waals surface area contributed by atoms with Crippen LogP contribution < -0.4 is 0 Å². The Balaban J connectivity index is 0.000000726. The first kappa shape index (κ1) is 37.7. The van der Waals surface area contributed by atoms with Gasteiger partial charge in [0, 0.05) is 11.3 Å². The number of ether oxygens (including phenoxy) is 1. The van der Waals surface area contributed by atoms with E-state index >= 15 is 0 Å². The van der Waals surface area contributed by atoms with Gasteiger partial charge < -0.3 is 4.74 Å². The van der Waals surface area contributed by atoms with Gasteiger partial charge in [0.15, 0.2) is 5.78 Å². The SMILES string of the molecule is C=C/C(=N\C(=C/C)OC)c1cc(/C=C\C)c(C(C)=O)c(C)n1.CCCC.CCCC(CCC)c1ccc(C)cc1C. The number of unbranched alkanes of at least 4 members (excludes halogenated alkanes) is 1. The molecule has 0 aliphatic rings. The molecule has 0 amide bonds. The Kier molecular flexibility index (Phi) is 19.8. The molecule has 4 heteroatoms. The summed E-state index contributed by atoms with van der Waals surface area (Å²) in [6.07, 6.45) is 15.0. The van der Waals surface area contributed by atoms with E-state index in [1.54, 1.807) is 31.7 Å². The first-order valence-electron chi connectivity index (χ1n) is 15.2. The van der Waals surface area contributed by atoms with Gasteiger partial charge in [0.2, 0.25) is 5.88 Å². The number of pyridine rings is 1. The Labute approximate surface area is 251 Å². The molecule has 0 aliphatic carbocycles. The van der Waals surface area contributed by atoms with Crippen molar-refractivity contribution in [2.75, 3.05) is 7.11 Å². The zero-order valence-corrected chi connectivity index (χ0v) is 27.9. The lowest BCUT2D eigenvalue weighted by atomic mass is 9.87. The summed E-state index contributed by atoms with van der Waals surface area (Å²) in [5, 5.41) is 0. The molecule has 2 rings (SSSR count). The molecule has 0 aliphatic heterocycles. The number of methoxy groups -OCH3 is 1. The van der Waals surface area contributed by atoms with Crippen LogP contribution in [0.2, 0.25) is 0 Å². The standard InChI is InChI=1S/C18H22N2O2.C15H24.C4H10/c1-7-10-14-11-16(19-12(4)18(14)13(5)21)15(8-2)20-17(9-3)22-6;1-5-7-14(8-6-2)15-10-9-12(3)11-13(15)4;1-3-4-2/h7-11H,2H2,1,3-6H3;9-11,14H,5-8H2,1-4H3;3-4H2,1-2H3/b10-7-,17-9+,20-15+;;. The number of hydrogen-bond donors (Lipinski definition) is 0. The summed E-state index contributed by atoms with van der Waals surface area (Å²) in [5.41, 5.74) is 7.80. The number of allylic oxidation sites excluding steroid dienone is 3. The van der Waals surface area contributed by atoms with Crippen molar-refractivity contribution < 1.29 is 9.53 Å². The molecule has 0 saturated heterocycles. The summed E-state index contributed by atoms with van der Waals surface area (Å²) >= 11 is 0. The van der Waals surface area contributed by atoms with Crippen LogP contribution in [0, 0.1) is 20.8 Å². The van der Waals surface area contributed by atoms with Gasteiger partial charge in [0.25, 0.3) is 0 Å². The number of Topliss-reactive ketones (excluding diaryl/α,β-unsaturated/α-hetero) is 1. The third-order valence-electron chi connectivity index (χ3n) is 6.71. The molecule has 1 heterocycles. The molecule has 226 valence electrons. The summed E-state index contributed by atoms with van der Waals surface area (Å²) in [6.45, 7) is 24.2. The summed E-state index contributed by atoms with van der Waals surface area (Å²) in [4.78, 5) is 20.7. The van der Waals surface area contributed by atoms with E-state index in [4.69, 9.17) is 4.74 Å². The molecule has 0 fully saturated rings. The van der Waals surface area contributed by atoms with Gasteiger partial charge in [-0.25, -0.2) is 4.99 Å².